The number of rotatable bonds is 4. The predicted octanol–water partition coefficient (Wildman–Crippen LogP) is 3.79. The summed E-state index contributed by atoms with van der Waals surface area (Å²) in [7, 11) is 2.52. The van der Waals surface area contributed by atoms with Crippen LogP contribution >= 0.6 is 15.9 Å². The maximum absolute atomic E-state index is 13.3. The van der Waals surface area contributed by atoms with Crippen LogP contribution in [0, 0.1) is 16.2 Å². The van der Waals surface area contributed by atoms with Gasteiger partial charge in [0.15, 0.2) is 0 Å². The average molecular weight is 438 g/mol. The number of nitrogens with one attached hydrogen (secondary N) is 1. The van der Waals surface area contributed by atoms with Crippen LogP contribution in [0.1, 0.15) is 54.3 Å². The maximum Gasteiger partial charge on any atom is 0.337 e. The first kappa shape index (κ1) is 19.9. The van der Waals surface area contributed by atoms with E-state index in [1.165, 1.54) is 32.4 Å². The Balaban J connectivity index is 1.95. The molecule has 0 aliphatic heterocycles. The number of esters is 2. The number of methoxy groups -OCH3 is 2. The number of hydrogen-bond acceptors (Lipinski definition) is 5. The first-order valence-electron chi connectivity index (χ1n) is 8.82. The van der Waals surface area contributed by atoms with E-state index in [-0.39, 0.29) is 32.7 Å². The van der Waals surface area contributed by atoms with Gasteiger partial charge >= 0.3 is 11.9 Å². The Morgan fingerprint density at radius 1 is 1.00 bits per heavy atom. The van der Waals surface area contributed by atoms with Crippen LogP contribution in [0.5, 0.6) is 0 Å². The molecule has 27 heavy (non-hydrogen) atoms. The van der Waals surface area contributed by atoms with Crippen molar-refractivity contribution in [2.45, 2.75) is 38.4 Å². The van der Waals surface area contributed by atoms with Crippen LogP contribution in [0.25, 0.3) is 0 Å². The van der Waals surface area contributed by atoms with Gasteiger partial charge in [-0.15, -0.1) is 0 Å². The van der Waals surface area contributed by atoms with Gasteiger partial charge in [0, 0.05) is 10.5 Å². The van der Waals surface area contributed by atoms with Crippen LogP contribution in [0.15, 0.2) is 18.2 Å². The number of ether oxygens (including phenoxy) is 2. The second-order valence-electron chi connectivity index (χ2n) is 8.11. The van der Waals surface area contributed by atoms with Crippen molar-refractivity contribution in [1.82, 2.24) is 0 Å². The van der Waals surface area contributed by atoms with Gasteiger partial charge in [-0.1, -0.05) is 36.7 Å². The lowest BCUT2D eigenvalue weighted by molar-refractivity contribution is -0.156. The Kier molecular flexibility index (Phi) is 4.65. The van der Waals surface area contributed by atoms with Gasteiger partial charge in [-0.3, -0.25) is 4.79 Å². The third kappa shape index (κ3) is 2.47. The Labute approximate surface area is 167 Å². The SMILES string of the molecule is COC(=O)c1cc(NC(=O)C23CCC(C)(C2Br)C3(C)C)cc(C(=O)OC)c1. The van der Waals surface area contributed by atoms with E-state index in [9.17, 15) is 14.4 Å². The Hall–Kier alpha value is -1.89. The van der Waals surface area contributed by atoms with Gasteiger partial charge < -0.3 is 14.8 Å². The number of hydrogen-bond donors (Lipinski definition) is 1. The fraction of sp³-hybridized carbons (Fsp3) is 0.550. The molecule has 7 heteroatoms. The van der Waals surface area contributed by atoms with E-state index in [1.54, 1.807) is 0 Å². The van der Waals surface area contributed by atoms with Crippen LogP contribution in [0.2, 0.25) is 0 Å². The van der Waals surface area contributed by atoms with E-state index < -0.39 is 17.4 Å². The minimum Gasteiger partial charge on any atom is -0.465 e. The van der Waals surface area contributed by atoms with Gasteiger partial charge in [-0.2, -0.15) is 0 Å². The molecule has 3 aliphatic carbocycles. The van der Waals surface area contributed by atoms with Crippen LogP contribution < -0.4 is 5.32 Å². The summed E-state index contributed by atoms with van der Waals surface area (Å²) in [5, 5.41) is 2.92. The zero-order chi connectivity index (χ0) is 20.2. The summed E-state index contributed by atoms with van der Waals surface area (Å²) in [6.07, 6.45) is 1.76. The Morgan fingerprint density at radius 3 is 1.89 bits per heavy atom. The number of benzene rings is 1. The molecule has 0 heterocycles. The minimum absolute atomic E-state index is 0.0649. The third-order valence-corrected chi connectivity index (χ3v) is 8.80. The molecule has 3 fully saturated rings. The molecule has 6 nitrogen and oxygen atoms in total. The van der Waals surface area contributed by atoms with Gasteiger partial charge in [0.25, 0.3) is 0 Å². The molecule has 3 aliphatic rings. The molecule has 2 bridgehead atoms. The van der Waals surface area contributed by atoms with Gasteiger partial charge in [0.1, 0.15) is 0 Å². The second-order valence-corrected chi connectivity index (χ2v) is 9.03. The molecule has 1 amide bonds. The van der Waals surface area contributed by atoms with Gasteiger partial charge in [0.2, 0.25) is 5.91 Å². The van der Waals surface area contributed by atoms with Crippen LogP contribution in [0.4, 0.5) is 5.69 Å². The summed E-state index contributed by atoms with van der Waals surface area (Å²) < 4.78 is 9.49. The molecule has 0 spiro atoms. The second kappa shape index (κ2) is 6.33. The quantitative estimate of drug-likeness (QED) is 0.572. The highest BCUT2D eigenvalue weighted by molar-refractivity contribution is 9.09. The zero-order valence-corrected chi connectivity index (χ0v) is 17.7. The number of anilines is 1. The van der Waals surface area contributed by atoms with E-state index >= 15 is 0 Å². The lowest BCUT2D eigenvalue weighted by Gasteiger charge is -2.64. The summed E-state index contributed by atoms with van der Waals surface area (Å²) >= 11 is 3.75. The van der Waals surface area contributed by atoms with Gasteiger partial charge in [0.05, 0.1) is 30.8 Å². The molecular formula is C20H24BrNO5. The Bertz CT molecular complexity index is 801. The van der Waals surface area contributed by atoms with Crippen molar-refractivity contribution < 1.29 is 23.9 Å². The molecule has 0 aromatic heterocycles. The smallest absolute Gasteiger partial charge is 0.337 e. The lowest BCUT2D eigenvalue weighted by Crippen LogP contribution is -2.68. The predicted molar refractivity (Wildman–Crippen MR) is 104 cm³/mol. The van der Waals surface area contributed by atoms with Gasteiger partial charge in [-0.25, -0.2) is 9.59 Å². The van der Waals surface area contributed by atoms with E-state index in [1.807, 2.05) is 0 Å². The van der Waals surface area contributed by atoms with Crippen molar-refractivity contribution in [2.24, 2.45) is 16.2 Å². The standard InChI is InChI=1S/C20H24BrNO5/c1-18(2)19(3)6-7-20(18,16(19)21)17(25)22-13-9-11(14(23)26-4)8-12(10-13)15(24)27-5/h8-10,16H,6-7H2,1-5H3,(H,22,25). The van der Waals surface area contributed by atoms with Crippen molar-refractivity contribution in [1.29, 1.82) is 0 Å². The van der Waals surface area contributed by atoms with Crippen molar-refractivity contribution in [3.05, 3.63) is 29.3 Å². The molecular weight excluding hydrogens is 414 g/mol. The van der Waals surface area contributed by atoms with E-state index in [0.29, 0.717) is 5.69 Å². The zero-order valence-electron chi connectivity index (χ0n) is 16.1. The molecule has 1 N–H and O–H groups in total. The van der Waals surface area contributed by atoms with Gasteiger partial charge in [-0.05, 0) is 41.9 Å². The lowest BCUT2D eigenvalue weighted by atomic mass is 9.43. The number of halogens is 1. The first-order chi connectivity index (χ1) is 12.5. The summed E-state index contributed by atoms with van der Waals surface area (Å²) in [4.78, 5) is 37.2. The minimum atomic E-state index is -0.592. The molecule has 3 saturated carbocycles. The molecule has 0 radical (unpaired) electrons. The van der Waals surface area contributed by atoms with Crippen molar-refractivity contribution >= 4 is 39.5 Å². The molecule has 4 rings (SSSR count). The molecule has 0 saturated heterocycles. The summed E-state index contributed by atoms with van der Waals surface area (Å²) in [5.74, 6) is -1.29. The normalized spacial score (nSPS) is 30.2. The highest BCUT2D eigenvalue weighted by Gasteiger charge is 2.80. The molecule has 3 atom stereocenters. The summed E-state index contributed by atoms with van der Waals surface area (Å²) in [6, 6.07) is 4.41. The fourth-order valence-corrected chi connectivity index (χ4v) is 6.68. The average Bonchev–Trinajstić information content (AvgIpc) is 3.06. The molecule has 1 aromatic rings. The maximum atomic E-state index is 13.3. The van der Waals surface area contributed by atoms with Crippen molar-refractivity contribution in [3.8, 4) is 0 Å². The van der Waals surface area contributed by atoms with Crippen molar-refractivity contribution in [3.63, 3.8) is 0 Å². The van der Waals surface area contributed by atoms with Crippen LogP contribution in [0.3, 0.4) is 0 Å². The summed E-state index contributed by atoms with van der Waals surface area (Å²) in [5.41, 5.74) is 0.0851. The van der Waals surface area contributed by atoms with Crippen LogP contribution in [-0.4, -0.2) is 36.9 Å². The first-order valence-corrected chi connectivity index (χ1v) is 9.74. The van der Waals surface area contributed by atoms with E-state index in [4.69, 9.17) is 9.47 Å². The third-order valence-electron chi connectivity index (χ3n) is 7.01. The number of carbonyl (C=O) groups excluding carboxylic acids is 3. The number of alkyl halides is 1. The largest absolute Gasteiger partial charge is 0.465 e. The monoisotopic (exact) mass is 437 g/mol. The highest BCUT2D eigenvalue weighted by atomic mass is 79.9. The molecule has 146 valence electrons. The van der Waals surface area contributed by atoms with E-state index in [2.05, 4.69) is 42.0 Å². The molecule has 1 aromatic carbocycles. The van der Waals surface area contributed by atoms with Crippen molar-refractivity contribution in [2.75, 3.05) is 19.5 Å². The number of fused-ring (bicyclic) bond motifs is 1. The highest BCUT2D eigenvalue weighted by Crippen LogP contribution is 2.79. The number of amides is 1. The fourth-order valence-electron chi connectivity index (χ4n) is 4.87. The van der Waals surface area contributed by atoms with Crippen LogP contribution in [-0.2, 0) is 14.3 Å². The molecule has 3 unspecified atom stereocenters. The van der Waals surface area contributed by atoms with E-state index in [0.717, 1.165) is 12.8 Å². The number of carbonyl (C=O) groups is 3. The summed E-state index contributed by atoms with van der Waals surface area (Å²) in [6.45, 7) is 6.46. The Morgan fingerprint density at radius 2 is 1.52 bits per heavy atom. The topological polar surface area (TPSA) is 81.7 Å².